The number of guanidine groups is 1. The molecule has 2 fully saturated rings. The molecule has 1 saturated heterocycles. The average molecular weight is 447 g/mol. The highest BCUT2D eigenvalue weighted by atomic mass is 16.5. The van der Waals surface area contributed by atoms with Crippen LogP contribution < -0.4 is 15.4 Å². The molecule has 0 aromatic heterocycles. The molecule has 7 nitrogen and oxygen atoms in total. The fraction of sp³-hybridized carbons (Fsp3) is 0.423. The lowest BCUT2D eigenvalue weighted by Gasteiger charge is -2.18. The number of benzene rings is 2. The highest BCUT2D eigenvalue weighted by Gasteiger charge is 2.58. The first-order valence-corrected chi connectivity index (χ1v) is 11.6. The first kappa shape index (κ1) is 21.5. The summed E-state index contributed by atoms with van der Waals surface area (Å²) in [5.41, 5.74) is 1.15. The number of amides is 2. The summed E-state index contributed by atoms with van der Waals surface area (Å²) in [4.78, 5) is 31.3. The van der Waals surface area contributed by atoms with Gasteiger partial charge in [0.2, 0.25) is 11.8 Å². The Morgan fingerprint density at radius 2 is 1.73 bits per heavy atom. The first-order valence-electron chi connectivity index (χ1n) is 11.6. The van der Waals surface area contributed by atoms with Crippen molar-refractivity contribution in [2.75, 3.05) is 27.2 Å². The van der Waals surface area contributed by atoms with Gasteiger partial charge in [0.15, 0.2) is 5.96 Å². The van der Waals surface area contributed by atoms with Crippen LogP contribution in [-0.2, 0) is 16.1 Å². The van der Waals surface area contributed by atoms with Crippen molar-refractivity contribution >= 4 is 28.5 Å². The number of methoxy groups -OCH3 is 1. The highest BCUT2D eigenvalue weighted by molar-refractivity contribution is 6.06. The Kier molecular flexibility index (Phi) is 5.79. The van der Waals surface area contributed by atoms with E-state index in [9.17, 15) is 9.59 Å². The zero-order valence-electron chi connectivity index (χ0n) is 19.1. The number of hydrogen-bond donors (Lipinski definition) is 2. The second-order valence-corrected chi connectivity index (χ2v) is 9.08. The second-order valence-electron chi connectivity index (χ2n) is 9.08. The molecule has 7 heteroatoms. The average Bonchev–Trinajstić information content (AvgIpc) is 3.52. The molecule has 1 aliphatic heterocycles. The van der Waals surface area contributed by atoms with Crippen LogP contribution in [0.2, 0.25) is 0 Å². The maximum absolute atomic E-state index is 12.8. The Balaban J connectivity index is 1.09. The highest BCUT2D eigenvalue weighted by Crippen LogP contribution is 2.52. The quantitative estimate of drug-likeness (QED) is 0.225. The summed E-state index contributed by atoms with van der Waals surface area (Å²) in [7, 11) is 3.41. The van der Waals surface area contributed by atoms with Gasteiger partial charge in [0.1, 0.15) is 5.75 Å². The zero-order chi connectivity index (χ0) is 22.9. The number of hydrogen-bond acceptors (Lipinski definition) is 4. The van der Waals surface area contributed by atoms with Crippen LogP contribution in [0.4, 0.5) is 0 Å². The van der Waals surface area contributed by atoms with Crippen molar-refractivity contribution in [3.05, 3.63) is 54.1 Å². The minimum Gasteiger partial charge on any atom is -0.497 e. The summed E-state index contributed by atoms with van der Waals surface area (Å²) in [6.45, 7) is 1.74. The van der Waals surface area contributed by atoms with Gasteiger partial charge in [-0.15, -0.1) is 0 Å². The Bertz CT molecular complexity index is 1110. The van der Waals surface area contributed by atoms with E-state index in [0.29, 0.717) is 32.0 Å². The van der Waals surface area contributed by atoms with Crippen LogP contribution in [0.25, 0.3) is 10.8 Å². The number of carbonyl (C=O) groups excluding carboxylic acids is 2. The normalized spacial score (nSPS) is 25.8. The van der Waals surface area contributed by atoms with Crippen molar-refractivity contribution in [3.63, 3.8) is 0 Å². The molecule has 2 aromatic rings. The van der Waals surface area contributed by atoms with Crippen LogP contribution in [0.1, 0.15) is 18.4 Å². The lowest BCUT2D eigenvalue weighted by atomic mass is 9.85. The van der Waals surface area contributed by atoms with E-state index >= 15 is 0 Å². The standard InChI is InChI=1S/C26H30N4O3/c1-27-26(29-15-16-4-5-18-14-21(33-2)9-8-17(18)12-16)28-10-3-11-30-24(31)22-19-6-7-20(13-19)23(22)25(30)32/h4-9,12,14,19-20,22-23H,3,10-11,13,15H2,1-2H3,(H2,27,28,29). The summed E-state index contributed by atoms with van der Waals surface area (Å²) >= 11 is 0. The summed E-state index contributed by atoms with van der Waals surface area (Å²) in [6, 6.07) is 12.4. The predicted octanol–water partition coefficient (Wildman–Crippen LogP) is 2.71. The third kappa shape index (κ3) is 3.96. The first-order chi connectivity index (χ1) is 16.1. The van der Waals surface area contributed by atoms with Gasteiger partial charge in [-0.1, -0.05) is 30.4 Å². The summed E-state index contributed by atoms with van der Waals surface area (Å²) in [6.07, 6.45) is 5.92. The van der Waals surface area contributed by atoms with Gasteiger partial charge in [0.25, 0.3) is 0 Å². The molecule has 1 saturated carbocycles. The van der Waals surface area contributed by atoms with Crippen LogP contribution in [0.15, 0.2) is 53.5 Å². The topological polar surface area (TPSA) is 83.0 Å². The van der Waals surface area contributed by atoms with Crippen LogP contribution in [-0.4, -0.2) is 49.9 Å². The summed E-state index contributed by atoms with van der Waals surface area (Å²) in [5, 5.41) is 8.91. The molecular weight excluding hydrogens is 416 g/mol. The van der Waals surface area contributed by atoms with Crippen molar-refractivity contribution in [1.82, 2.24) is 15.5 Å². The second kappa shape index (κ2) is 8.89. The molecule has 3 aliphatic rings. The molecule has 0 radical (unpaired) electrons. The fourth-order valence-electron chi connectivity index (χ4n) is 5.55. The number of rotatable bonds is 7. The Hall–Kier alpha value is -3.35. The largest absolute Gasteiger partial charge is 0.497 e. The third-order valence-electron chi connectivity index (χ3n) is 7.21. The Morgan fingerprint density at radius 1 is 1.03 bits per heavy atom. The van der Waals surface area contributed by atoms with E-state index in [4.69, 9.17) is 4.74 Å². The number of imide groups is 1. The van der Waals surface area contributed by atoms with E-state index in [0.717, 1.165) is 28.5 Å². The number of allylic oxidation sites excluding steroid dienone is 2. The molecule has 0 spiro atoms. The van der Waals surface area contributed by atoms with Gasteiger partial charge in [-0.3, -0.25) is 19.5 Å². The molecule has 1 heterocycles. The van der Waals surface area contributed by atoms with Crippen LogP contribution in [0.3, 0.4) is 0 Å². The zero-order valence-corrected chi connectivity index (χ0v) is 19.1. The minimum absolute atomic E-state index is 0.0262. The van der Waals surface area contributed by atoms with Crippen molar-refractivity contribution in [3.8, 4) is 5.75 Å². The van der Waals surface area contributed by atoms with Gasteiger partial charge in [0.05, 0.1) is 18.9 Å². The van der Waals surface area contributed by atoms with E-state index in [1.807, 2.05) is 12.1 Å². The van der Waals surface area contributed by atoms with Crippen molar-refractivity contribution in [2.24, 2.45) is 28.7 Å². The van der Waals surface area contributed by atoms with E-state index in [-0.39, 0.29) is 35.5 Å². The SMILES string of the molecule is CN=C(NCCCN1C(=O)C2C3C=CC(C3)C2C1=O)NCc1ccc2cc(OC)ccc2c1. The predicted molar refractivity (Wildman–Crippen MR) is 128 cm³/mol. The number of nitrogens with one attached hydrogen (secondary N) is 2. The molecule has 5 rings (SSSR count). The van der Waals surface area contributed by atoms with Gasteiger partial charge >= 0.3 is 0 Å². The third-order valence-corrected chi connectivity index (χ3v) is 7.21. The van der Waals surface area contributed by atoms with Crippen LogP contribution in [0, 0.1) is 23.7 Å². The maximum Gasteiger partial charge on any atom is 0.233 e. The van der Waals surface area contributed by atoms with Gasteiger partial charge in [-0.2, -0.15) is 0 Å². The van der Waals surface area contributed by atoms with E-state index in [1.165, 1.54) is 4.90 Å². The lowest BCUT2D eigenvalue weighted by molar-refractivity contribution is -0.140. The minimum atomic E-state index is -0.113. The van der Waals surface area contributed by atoms with Crippen LogP contribution in [0.5, 0.6) is 5.75 Å². The molecular formula is C26H30N4O3. The Morgan fingerprint density at radius 3 is 2.42 bits per heavy atom. The van der Waals surface area contributed by atoms with Crippen molar-refractivity contribution in [1.29, 1.82) is 0 Å². The number of carbonyl (C=O) groups is 2. The van der Waals surface area contributed by atoms with E-state index in [2.05, 4.69) is 52.0 Å². The van der Waals surface area contributed by atoms with E-state index in [1.54, 1.807) is 14.2 Å². The molecule has 4 unspecified atom stereocenters. The number of ether oxygens (including phenoxy) is 1. The molecule has 2 aromatic carbocycles. The molecule has 4 atom stereocenters. The van der Waals surface area contributed by atoms with Gasteiger partial charge in [-0.05, 0) is 59.2 Å². The van der Waals surface area contributed by atoms with Gasteiger partial charge < -0.3 is 15.4 Å². The van der Waals surface area contributed by atoms with Gasteiger partial charge in [0, 0.05) is 26.7 Å². The van der Waals surface area contributed by atoms with Crippen molar-refractivity contribution < 1.29 is 14.3 Å². The summed E-state index contributed by atoms with van der Waals surface area (Å²) < 4.78 is 5.29. The monoisotopic (exact) mass is 446 g/mol. The summed E-state index contributed by atoms with van der Waals surface area (Å²) in [5.74, 6) is 1.90. The molecule has 172 valence electrons. The molecule has 2 bridgehead atoms. The molecule has 2 N–H and O–H groups in total. The van der Waals surface area contributed by atoms with Crippen LogP contribution >= 0.6 is 0 Å². The molecule has 33 heavy (non-hydrogen) atoms. The lowest BCUT2D eigenvalue weighted by Crippen LogP contribution is -2.39. The fourth-order valence-corrected chi connectivity index (χ4v) is 5.55. The van der Waals surface area contributed by atoms with E-state index < -0.39 is 0 Å². The molecule has 2 aliphatic carbocycles. The number of nitrogens with zero attached hydrogens (tertiary/aromatic N) is 2. The number of fused-ring (bicyclic) bond motifs is 6. The maximum atomic E-state index is 12.8. The number of likely N-dealkylation sites (tertiary alicyclic amines) is 1. The number of aliphatic imine (C=N–C) groups is 1. The Labute approximate surface area is 193 Å². The molecule has 2 amide bonds. The smallest absolute Gasteiger partial charge is 0.233 e. The van der Waals surface area contributed by atoms with Gasteiger partial charge in [-0.25, -0.2) is 0 Å². The van der Waals surface area contributed by atoms with Crippen molar-refractivity contribution in [2.45, 2.75) is 19.4 Å².